The van der Waals surface area contributed by atoms with Crippen LogP contribution in [0.15, 0.2) is 54.7 Å². The highest BCUT2D eigenvalue weighted by Crippen LogP contribution is 2.31. The molecule has 1 aromatic heterocycles. The Morgan fingerprint density at radius 3 is 2.50 bits per heavy atom. The monoisotopic (exact) mass is 397 g/mol. The van der Waals surface area contributed by atoms with Gasteiger partial charge in [0.1, 0.15) is 17.3 Å². The SMILES string of the molecule is COc1ccc(Nc2ccc(C(=O)Nc3cc(Cl)ccc3C)cn2)c(OC)c1. The van der Waals surface area contributed by atoms with Crippen molar-refractivity contribution in [1.29, 1.82) is 0 Å². The number of aryl methyl sites for hydroxylation is 1. The van der Waals surface area contributed by atoms with Crippen LogP contribution in [0, 0.1) is 6.92 Å². The molecule has 3 aromatic rings. The summed E-state index contributed by atoms with van der Waals surface area (Å²) in [7, 11) is 3.18. The van der Waals surface area contributed by atoms with Crippen molar-refractivity contribution < 1.29 is 14.3 Å². The van der Waals surface area contributed by atoms with E-state index in [1.807, 2.05) is 25.1 Å². The topological polar surface area (TPSA) is 72.5 Å². The molecule has 3 rings (SSSR count). The maximum atomic E-state index is 12.5. The Morgan fingerprint density at radius 1 is 1.00 bits per heavy atom. The van der Waals surface area contributed by atoms with Gasteiger partial charge in [0.15, 0.2) is 0 Å². The largest absolute Gasteiger partial charge is 0.497 e. The van der Waals surface area contributed by atoms with Gasteiger partial charge in [-0.3, -0.25) is 4.79 Å². The average Bonchev–Trinajstić information content (AvgIpc) is 2.71. The molecule has 0 saturated heterocycles. The van der Waals surface area contributed by atoms with E-state index in [1.165, 1.54) is 6.20 Å². The minimum atomic E-state index is -0.258. The molecule has 0 atom stereocenters. The van der Waals surface area contributed by atoms with Crippen molar-refractivity contribution in [3.05, 3.63) is 70.9 Å². The van der Waals surface area contributed by atoms with Crippen LogP contribution in [0.3, 0.4) is 0 Å². The fourth-order valence-electron chi connectivity index (χ4n) is 2.57. The van der Waals surface area contributed by atoms with Crippen LogP contribution in [-0.4, -0.2) is 25.1 Å². The predicted octanol–water partition coefficient (Wildman–Crippen LogP) is 5.06. The summed E-state index contributed by atoms with van der Waals surface area (Å²) in [6.07, 6.45) is 1.51. The summed E-state index contributed by atoms with van der Waals surface area (Å²) in [6.45, 7) is 1.90. The van der Waals surface area contributed by atoms with Gasteiger partial charge >= 0.3 is 0 Å². The quantitative estimate of drug-likeness (QED) is 0.608. The number of halogens is 1. The van der Waals surface area contributed by atoms with Gasteiger partial charge in [0.2, 0.25) is 0 Å². The molecule has 28 heavy (non-hydrogen) atoms. The second kappa shape index (κ2) is 8.63. The molecule has 7 heteroatoms. The molecule has 2 N–H and O–H groups in total. The van der Waals surface area contributed by atoms with Crippen molar-refractivity contribution in [3.8, 4) is 11.5 Å². The molecule has 0 aliphatic rings. The highest BCUT2D eigenvalue weighted by molar-refractivity contribution is 6.31. The Bertz CT molecular complexity index is 991. The van der Waals surface area contributed by atoms with Gasteiger partial charge in [-0.2, -0.15) is 0 Å². The summed E-state index contributed by atoms with van der Waals surface area (Å²) in [4.78, 5) is 16.8. The second-order valence-electron chi connectivity index (χ2n) is 6.04. The number of aromatic nitrogens is 1. The number of nitrogens with zero attached hydrogens (tertiary/aromatic N) is 1. The first-order valence-corrected chi connectivity index (χ1v) is 8.90. The molecule has 0 unspecified atom stereocenters. The fourth-order valence-corrected chi connectivity index (χ4v) is 2.74. The third-order valence-electron chi connectivity index (χ3n) is 4.14. The van der Waals surface area contributed by atoms with E-state index >= 15 is 0 Å². The Hall–Kier alpha value is -3.25. The molecular weight excluding hydrogens is 378 g/mol. The lowest BCUT2D eigenvalue weighted by molar-refractivity contribution is 0.102. The molecule has 0 bridgehead atoms. The van der Waals surface area contributed by atoms with Crippen LogP contribution in [0.2, 0.25) is 5.02 Å². The van der Waals surface area contributed by atoms with Crippen molar-refractivity contribution in [1.82, 2.24) is 4.98 Å². The number of pyridine rings is 1. The van der Waals surface area contributed by atoms with Gasteiger partial charge in [-0.1, -0.05) is 17.7 Å². The predicted molar refractivity (Wildman–Crippen MR) is 111 cm³/mol. The van der Waals surface area contributed by atoms with E-state index in [2.05, 4.69) is 15.6 Å². The highest BCUT2D eigenvalue weighted by Gasteiger charge is 2.10. The van der Waals surface area contributed by atoms with Crippen LogP contribution < -0.4 is 20.1 Å². The number of ether oxygens (including phenoxy) is 2. The van der Waals surface area contributed by atoms with Gasteiger partial charge in [0.05, 0.1) is 25.5 Å². The number of hydrogen-bond acceptors (Lipinski definition) is 5. The maximum Gasteiger partial charge on any atom is 0.257 e. The standard InChI is InChI=1S/C21H20ClN3O3/c1-13-4-6-15(22)10-18(13)25-21(26)14-5-9-20(23-12-14)24-17-8-7-16(27-2)11-19(17)28-3/h4-12H,1-3H3,(H,23,24)(H,25,26). The highest BCUT2D eigenvalue weighted by atomic mass is 35.5. The molecule has 0 aliphatic carbocycles. The number of amides is 1. The van der Waals surface area contributed by atoms with E-state index in [0.29, 0.717) is 33.6 Å². The van der Waals surface area contributed by atoms with Gasteiger partial charge in [-0.15, -0.1) is 0 Å². The number of carbonyl (C=O) groups excluding carboxylic acids is 1. The van der Waals surface area contributed by atoms with Crippen LogP contribution >= 0.6 is 11.6 Å². The zero-order valence-corrected chi connectivity index (χ0v) is 16.5. The molecule has 0 radical (unpaired) electrons. The Labute approximate surface area is 168 Å². The van der Waals surface area contributed by atoms with Crippen molar-refractivity contribution in [3.63, 3.8) is 0 Å². The van der Waals surface area contributed by atoms with Crippen molar-refractivity contribution in [2.45, 2.75) is 6.92 Å². The Balaban J connectivity index is 1.73. The van der Waals surface area contributed by atoms with Crippen LogP contribution in [0.4, 0.5) is 17.2 Å². The molecule has 6 nitrogen and oxygen atoms in total. The molecule has 2 aromatic carbocycles. The number of carbonyl (C=O) groups is 1. The first-order valence-electron chi connectivity index (χ1n) is 8.53. The number of hydrogen-bond donors (Lipinski definition) is 2. The first kappa shape index (κ1) is 19.5. The van der Waals surface area contributed by atoms with Gasteiger partial charge in [0, 0.05) is 23.0 Å². The number of rotatable bonds is 6. The molecule has 1 heterocycles. The van der Waals surface area contributed by atoms with Gasteiger partial charge in [0.25, 0.3) is 5.91 Å². The molecule has 0 fully saturated rings. The summed E-state index contributed by atoms with van der Waals surface area (Å²) in [6, 6.07) is 14.2. The lowest BCUT2D eigenvalue weighted by Gasteiger charge is -2.12. The maximum absolute atomic E-state index is 12.5. The zero-order chi connectivity index (χ0) is 20.1. The molecule has 144 valence electrons. The summed E-state index contributed by atoms with van der Waals surface area (Å²) in [5, 5.41) is 6.58. The molecule has 0 aliphatic heterocycles. The molecule has 1 amide bonds. The molecule has 0 saturated carbocycles. The summed E-state index contributed by atoms with van der Waals surface area (Å²) < 4.78 is 10.6. The van der Waals surface area contributed by atoms with Crippen molar-refractivity contribution in [2.24, 2.45) is 0 Å². The minimum absolute atomic E-state index is 0.258. The van der Waals surface area contributed by atoms with E-state index in [4.69, 9.17) is 21.1 Å². The number of benzene rings is 2. The van der Waals surface area contributed by atoms with Crippen molar-refractivity contribution in [2.75, 3.05) is 24.9 Å². The van der Waals surface area contributed by atoms with Crippen LogP contribution in [0.25, 0.3) is 0 Å². The Morgan fingerprint density at radius 2 is 1.82 bits per heavy atom. The Kier molecular flexibility index (Phi) is 6.01. The van der Waals surface area contributed by atoms with E-state index in [1.54, 1.807) is 44.6 Å². The smallest absolute Gasteiger partial charge is 0.257 e. The van der Waals surface area contributed by atoms with Crippen LogP contribution in [-0.2, 0) is 0 Å². The fraction of sp³-hybridized carbons (Fsp3) is 0.143. The first-order chi connectivity index (χ1) is 13.5. The number of nitrogens with one attached hydrogen (secondary N) is 2. The minimum Gasteiger partial charge on any atom is -0.497 e. The van der Waals surface area contributed by atoms with Gasteiger partial charge < -0.3 is 20.1 Å². The van der Waals surface area contributed by atoms with E-state index in [9.17, 15) is 4.79 Å². The van der Waals surface area contributed by atoms with Crippen LogP contribution in [0.5, 0.6) is 11.5 Å². The third kappa shape index (κ3) is 4.53. The van der Waals surface area contributed by atoms with E-state index < -0.39 is 0 Å². The number of anilines is 3. The van der Waals surface area contributed by atoms with Gasteiger partial charge in [-0.25, -0.2) is 4.98 Å². The lowest BCUT2D eigenvalue weighted by atomic mass is 10.2. The molecule has 0 spiro atoms. The van der Waals surface area contributed by atoms with Crippen LogP contribution in [0.1, 0.15) is 15.9 Å². The summed E-state index contributed by atoms with van der Waals surface area (Å²) >= 11 is 6.00. The van der Waals surface area contributed by atoms with Gasteiger partial charge in [-0.05, 0) is 48.9 Å². The lowest BCUT2D eigenvalue weighted by Crippen LogP contribution is -2.13. The second-order valence-corrected chi connectivity index (χ2v) is 6.47. The van der Waals surface area contributed by atoms with E-state index in [0.717, 1.165) is 11.3 Å². The summed E-state index contributed by atoms with van der Waals surface area (Å²) in [5.41, 5.74) is 2.77. The van der Waals surface area contributed by atoms with Crippen molar-refractivity contribution >= 4 is 34.7 Å². The summed E-state index contributed by atoms with van der Waals surface area (Å²) in [5.74, 6) is 1.64. The van der Waals surface area contributed by atoms with E-state index in [-0.39, 0.29) is 5.91 Å². The molecular formula is C21H20ClN3O3. The third-order valence-corrected chi connectivity index (χ3v) is 4.38. The average molecular weight is 398 g/mol. The normalized spacial score (nSPS) is 10.3. The number of methoxy groups -OCH3 is 2. The zero-order valence-electron chi connectivity index (χ0n) is 15.7.